The molecule has 0 unspecified atom stereocenters. The number of fused-ring (bicyclic) bond motifs is 1. The van der Waals surface area contributed by atoms with Crippen molar-refractivity contribution in [1.82, 2.24) is 0 Å². The number of benzene rings is 1. The van der Waals surface area contributed by atoms with Crippen LogP contribution >= 0.6 is 15.9 Å². The fraction of sp³-hybridized carbons (Fsp3) is 0.467. The van der Waals surface area contributed by atoms with Crippen molar-refractivity contribution in [2.75, 3.05) is 11.4 Å². The molecule has 0 aliphatic carbocycles. The molecule has 0 fully saturated rings. The van der Waals surface area contributed by atoms with Crippen LogP contribution in [0.1, 0.15) is 43.1 Å². The maximum Gasteiger partial charge on any atom is 0.223 e. The van der Waals surface area contributed by atoms with Gasteiger partial charge >= 0.3 is 0 Å². The van der Waals surface area contributed by atoms with Gasteiger partial charge in [-0.2, -0.15) is 0 Å². The van der Waals surface area contributed by atoms with Crippen LogP contribution in [0.5, 0.6) is 0 Å². The van der Waals surface area contributed by atoms with Gasteiger partial charge in [0.2, 0.25) is 5.91 Å². The van der Waals surface area contributed by atoms with Gasteiger partial charge in [0, 0.05) is 24.7 Å². The molecule has 1 amide bonds. The molecule has 0 atom stereocenters. The summed E-state index contributed by atoms with van der Waals surface area (Å²) in [6.07, 6.45) is 1.87. The lowest BCUT2D eigenvalue weighted by Crippen LogP contribution is -2.33. The van der Waals surface area contributed by atoms with Crippen molar-refractivity contribution in [2.24, 2.45) is 0 Å². The average molecular weight is 324 g/mol. The van der Waals surface area contributed by atoms with Gasteiger partial charge in [0.25, 0.3) is 0 Å². The summed E-state index contributed by atoms with van der Waals surface area (Å²) in [6.45, 7) is 6.03. The van der Waals surface area contributed by atoms with Gasteiger partial charge in [-0.3, -0.25) is 9.59 Å². The lowest BCUT2D eigenvalue weighted by molar-refractivity contribution is -0.116. The Morgan fingerprint density at radius 1 is 1.32 bits per heavy atom. The Bertz CT molecular complexity index is 531. The number of anilines is 1. The molecule has 0 aromatic heterocycles. The Morgan fingerprint density at radius 2 is 2.00 bits per heavy atom. The zero-order valence-corrected chi connectivity index (χ0v) is 13.1. The number of alkyl halides is 1. The molecule has 4 heteroatoms. The molecule has 19 heavy (non-hydrogen) atoms. The van der Waals surface area contributed by atoms with Crippen molar-refractivity contribution in [1.29, 1.82) is 0 Å². The molecule has 0 saturated carbocycles. The minimum absolute atomic E-state index is 0.0563. The molecule has 102 valence electrons. The first kappa shape index (κ1) is 14.3. The third-order valence-electron chi connectivity index (χ3n) is 3.38. The van der Waals surface area contributed by atoms with Crippen LogP contribution in [0.25, 0.3) is 0 Å². The van der Waals surface area contributed by atoms with E-state index in [2.05, 4.69) is 15.9 Å². The number of Topliss-reactive ketones (excluding diaryl/α,β-unsaturated/α-hetero) is 1. The zero-order valence-electron chi connectivity index (χ0n) is 11.5. The van der Waals surface area contributed by atoms with E-state index in [1.54, 1.807) is 11.8 Å². The third kappa shape index (κ3) is 2.89. The van der Waals surface area contributed by atoms with Crippen LogP contribution in [-0.4, -0.2) is 22.6 Å². The maximum absolute atomic E-state index is 12.2. The molecular weight excluding hydrogens is 306 g/mol. The van der Waals surface area contributed by atoms with Crippen molar-refractivity contribution in [2.45, 2.75) is 37.9 Å². The Balaban J connectivity index is 2.40. The highest BCUT2D eigenvalue weighted by Gasteiger charge is 2.27. The SMILES string of the molecule is CC(=O)N1CCCc2cc(C(=O)C(C)(C)Br)ccc21. The van der Waals surface area contributed by atoms with Crippen LogP contribution < -0.4 is 4.90 Å². The number of nitrogens with zero attached hydrogens (tertiary/aromatic N) is 1. The minimum atomic E-state index is -0.559. The molecule has 3 nitrogen and oxygen atoms in total. The molecule has 0 radical (unpaired) electrons. The minimum Gasteiger partial charge on any atom is -0.312 e. The Hall–Kier alpha value is -1.16. The molecule has 2 rings (SSSR count). The summed E-state index contributed by atoms with van der Waals surface area (Å²) in [5, 5.41) is 0. The second-order valence-electron chi connectivity index (χ2n) is 5.42. The lowest BCUT2D eigenvalue weighted by atomic mass is 9.94. The van der Waals surface area contributed by atoms with E-state index in [-0.39, 0.29) is 11.7 Å². The highest BCUT2D eigenvalue weighted by Crippen LogP contribution is 2.30. The quantitative estimate of drug-likeness (QED) is 0.618. The fourth-order valence-corrected chi connectivity index (χ4v) is 2.64. The van der Waals surface area contributed by atoms with E-state index >= 15 is 0 Å². The first-order chi connectivity index (χ1) is 8.80. The van der Waals surface area contributed by atoms with E-state index in [9.17, 15) is 9.59 Å². The van der Waals surface area contributed by atoms with Crippen LogP contribution in [0.3, 0.4) is 0 Å². The highest BCUT2D eigenvalue weighted by atomic mass is 79.9. The monoisotopic (exact) mass is 323 g/mol. The van der Waals surface area contributed by atoms with Gasteiger partial charge < -0.3 is 4.90 Å². The van der Waals surface area contributed by atoms with Gasteiger partial charge in [-0.1, -0.05) is 15.9 Å². The van der Waals surface area contributed by atoms with E-state index in [1.807, 2.05) is 32.0 Å². The number of carbonyl (C=O) groups excluding carboxylic acids is 2. The number of carbonyl (C=O) groups is 2. The van der Waals surface area contributed by atoms with Crippen molar-refractivity contribution in [3.05, 3.63) is 29.3 Å². The summed E-state index contributed by atoms with van der Waals surface area (Å²) < 4.78 is -0.559. The summed E-state index contributed by atoms with van der Waals surface area (Å²) in [5.74, 6) is 0.121. The topological polar surface area (TPSA) is 37.4 Å². The molecule has 1 heterocycles. The molecule has 0 bridgehead atoms. The number of amides is 1. The standard InChI is InChI=1S/C15H18BrNO2/c1-10(18)17-8-4-5-11-9-12(6-7-13(11)17)14(19)15(2,3)16/h6-7,9H,4-5,8H2,1-3H3. The third-order valence-corrected chi connectivity index (χ3v) is 3.74. The Labute approximate surface area is 122 Å². The van der Waals surface area contributed by atoms with Crippen LogP contribution in [0.2, 0.25) is 0 Å². The van der Waals surface area contributed by atoms with Crippen molar-refractivity contribution in [3.8, 4) is 0 Å². The van der Waals surface area contributed by atoms with Crippen molar-refractivity contribution in [3.63, 3.8) is 0 Å². The van der Waals surface area contributed by atoms with Crippen LogP contribution in [0.4, 0.5) is 5.69 Å². The average Bonchev–Trinajstić information content (AvgIpc) is 2.35. The summed E-state index contributed by atoms with van der Waals surface area (Å²) in [5.41, 5.74) is 2.73. The van der Waals surface area contributed by atoms with Crippen molar-refractivity contribution < 1.29 is 9.59 Å². The lowest BCUT2D eigenvalue weighted by Gasteiger charge is -2.29. The van der Waals surface area contributed by atoms with Gasteiger partial charge in [-0.05, 0) is 50.5 Å². The van der Waals surface area contributed by atoms with Gasteiger partial charge in [0.15, 0.2) is 5.78 Å². The van der Waals surface area contributed by atoms with Gasteiger partial charge in [0.05, 0.1) is 4.32 Å². The molecule has 1 aromatic rings. The van der Waals surface area contributed by atoms with E-state index in [0.717, 1.165) is 30.6 Å². The zero-order chi connectivity index (χ0) is 14.2. The number of rotatable bonds is 2. The van der Waals surface area contributed by atoms with E-state index in [1.165, 1.54) is 0 Å². The number of aryl methyl sites for hydroxylation is 1. The summed E-state index contributed by atoms with van der Waals surface area (Å²) in [6, 6.07) is 5.63. The highest BCUT2D eigenvalue weighted by molar-refractivity contribution is 9.10. The summed E-state index contributed by atoms with van der Waals surface area (Å²) in [4.78, 5) is 25.6. The molecule has 0 spiro atoms. The molecule has 0 saturated heterocycles. The van der Waals surface area contributed by atoms with E-state index in [0.29, 0.717) is 5.56 Å². The summed E-state index contributed by atoms with van der Waals surface area (Å²) in [7, 11) is 0. The van der Waals surface area contributed by atoms with Crippen molar-refractivity contribution >= 4 is 33.3 Å². The predicted octanol–water partition coefficient (Wildman–Crippen LogP) is 3.34. The van der Waals surface area contributed by atoms with E-state index in [4.69, 9.17) is 0 Å². The normalized spacial score (nSPS) is 15.1. The maximum atomic E-state index is 12.2. The molecule has 1 aliphatic rings. The van der Waals surface area contributed by atoms with Crippen LogP contribution in [0.15, 0.2) is 18.2 Å². The first-order valence-corrected chi connectivity index (χ1v) is 7.25. The molecule has 0 N–H and O–H groups in total. The van der Waals surface area contributed by atoms with Gasteiger partial charge in [-0.25, -0.2) is 0 Å². The number of ketones is 1. The molecule has 1 aliphatic heterocycles. The van der Waals surface area contributed by atoms with Crippen LogP contribution in [-0.2, 0) is 11.2 Å². The number of halogens is 1. The smallest absolute Gasteiger partial charge is 0.223 e. The molecular formula is C15H18BrNO2. The van der Waals surface area contributed by atoms with Gasteiger partial charge in [0.1, 0.15) is 0 Å². The summed E-state index contributed by atoms with van der Waals surface area (Å²) >= 11 is 3.40. The van der Waals surface area contributed by atoms with Crippen LogP contribution in [0, 0.1) is 0 Å². The number of hydrogen-bond donors (Lipinski definition) is 0. The predicted molar refractivity (Wildman–Crippen MR) is 80.1 cm³/mol. The Kier molecular flexibility index (Phi) is 3.81. The number of hydrogen-bond acceptors (Lipinski definition) is 2. The Morgan fingerprint density at radius 3 is 2.58 bits per heavy atom. The molecule has 1 aromatic carbocycles. The second kappa shape index (κ2) is 5.08. The fourth-order valence-electron chi connectivity index (χ4n) is 2.41. The first-order valence-electron chi connectivity index (χ1n) is 6.45. The van der Waals surface area contributed by atoms with Gasteiger partial charge in [-0.15, -0.1) is 0 Å². The largest absolute Gasteiger partial charge is 0.312 e. The van der Waals surface area contributed by atoms with E-state index < -0.39 is 4.32 Å². The second-order valence-corrected chi connectivity index (χ2v) is 7.40.